The number of hydrogen-bond acceptors (Lipinski definition) is 12. The normalized spacial score (nSPS) is 22.2. The second kappa shape index (κ2) is 27.4. The number of aromatic amines is 1. The van der Waals surface area contributed by atoms with Crippen LogP contribution >= 0.6 is 11.8 Å². The van der Waals surface area contributed by atoms with Gasteiger partial charge in [0.15, 0.2) is 0 Å². The van der Waals surface area contributed by atoms with Gasteiger partial charge >= 0.3 is 6.03 Å². The first-order valence-electron chi connectivity index (χ1n) is 28.4. The van der Waals surface area contributed by atoms with Crippen LogP contribution in [0.3, 0.4) is 0 Å². The fourth-order valence-corrected chi connectivity index (χ4v) is 13.4. The Balaban J connectivity index is 0.759. The van der Waals surface area contributed by atoms with E-state index in [2.05, 4.69) is 59.4 Å². The standard InChI is InChI=1S/C57H78N12O10S/c1-33(2)50(65-53(73)36-28-39-38-13-11-15-40-49(38)35(30-61-40)29-45(39)67(3)31-36)55(75)63-42(27-34-20-22-37(23-21-34)69(78)79)56(76)68-26-12-16-44(68)54(74)60-25-9-4-5-18-47(70)59-24-10-8-14-41(52(58)72)62-48(71)19-7-6-17-46-51-43(32-80-46)64-57(77)66-51/h11,13,15,20-23,28,30,33,36,41-46,50-51,61H,4-10,12,14,16-19,24-27,29,31-32H2,1-3H3,(H2,58,72)(H,59,70)(H,60,74)(H,62,71)(H,63,75)(H,65,73)(H2,64,66,77)/t36-,41+,42+,43+,44+,45-,46+,50+,51+/m1/s1. The van der Waals surface area contributed by atoms with Crippen LogP contribution in [0.5, 0.6) is 0 Å². The number of nitro groups is 1. The highest BCUT2D eigenvalue weighted by Gasteiger charge is 2.43. The Morgan fingerprint density at radius 3 is 2.38 bits per heavy atom. The number of nitrogens with two attached hydrogens (primary N) is 1. The molecule has 0 bridgehead atoms. The van der Waals surface area contributed by atoms with Crippen molar-refractivity contribution >= 4 is 81.3 Å². The first-order valence-corrected chi connectivity index (χ1v) is 29.5. The van der Waals surface area contributed by atoms with Gasteiger partial charge < -0.3 is 52.8 Å². The zero-order valence-corrected chi connectivity index (χ0v) is 46.8. The number of nitrogens with one attached hydrogen (secondary N) is 8. The quantitative estimate of drug-likeness (QED) is 0.0219. The fourth-order valence-electron chi connectivity index (χ4n) is 11.9. The number of likely N-dealkylation sites (tertiary alicyclic amines) is 1. The molecule has 80 heavy (non-hydrogen) atoms. The molecule has 0 radical (unpaired) electrons. The molecule has 0 saturated carbocycles. The Morgan fingerprint density at radius 1 is 0.863 bits per heavy atom. The molecular formula is C57H78N12O10S. The van der Waals surface area contributed by atoms with Crippen LogP contribution in [0.1, 0.15) is 114 Å². The molecule has 0 spiro atoms. The number of non-ortho nitro benzene ring substituents is 1. The minimum atomic E-state index is -1.16. The molecule has 432 valence electrons. The Morgan fingerprint density at radius 2 is 1.61 bits per heavy atom. The molecule has 3 saturated heterocycles. The van der Waals surface area contributed by atoms with Crippen molar-refractivity contribution in [1.82, 2.24) is 52.0 Å². The number of carbonyl (C=O) groups is 8. The summed E-state index contributed by atoms with van der Waals surface area (Å²) in [4.78, 5) is 124. The highest BCUT2D eigenvalue weighted by atomic mass is 32.2. The van der Waals surface area contributed by atoms with E-state index in [4.69, 9.17) is 5.73 Å². The average Bonchev–Trinajstić information content (AvgIpc) is 4.28. The minimum absolute atomic E-state index is 0.0197. The van der Waals surface area contributed by atoms with Gasteiger partial charge in [0.05, 0.1) is 22.9 Å². The first kappa shape index (κ1) is 59.1. The van der Waals surface area contributed by atoms with Crippen LogP contribution in [0.4, 0.5) is 10.5 Å². The number of primary amides is 1. The van der Waals surface area contributed by atoms with Crippen molar-refractivity contribution in [3.05, 3.63) is 81.5 Å². The first-order chi connectivity index (χ1) is 38.4. The molecule has 10 N–H and O–H groups in total. The molecule has 8 rings (SSSR count). The topological polar surface area (TPSA) is 312 Å². The van der Waals surface area contributed by atoms with Crippen LogP contribution in [0, 0.1) is 22.0 Å². The maximum Gasteiger partial charge on any atom is 0.315 e. The van der Waals surface area contributed by atoms with E-state index in [0.29, 0.717) is 88.2 Å². The summed E-state index contributed by atoms with van der Waals surface area (Å²) in [7, 11) is 2.00. The SMILES string of the molecule is CC(C)[C@H](NC(=O)[C@@H]1C=C2c3cccc4[nH]cc(c34)C[C@H]2N(C)C1)C(=O)N[C@@H](Cc1ccc([N+](=O)[O-])cc1)C(=O)N1CCC[C@H]1C(=O)NCCCCCC(=O)NCCCC[C@H](NC(=O)CCCC[C@@H]1SC[C@@H]2NC(=O)N[C@@H]21)C(N)=O. The number of likely N-dealkylation sites (N-methyl/N-ethyl adjacent to an activating group) is 1. The van der Waals surface area contributed by atoms with E-state index in [9.17, 15) is 48.5 Å². The Kier molecular flexibility index (Phi) is 20.3. The van der Waals surface area contributed by atoms with Crippen LogP contribution < -0.4 is 43.0 Å². The molecule has 4 aliphatic heterocycles. The van der Waals surface area contributed by atoms with Crippen molar-refractivity contribution in [2.45, 2.75) is 158 Å². The number of nitrogens with zero attached hydrogens (tertiary/aromatic N) is 3. The van der Waals surface area contributed by atoms with E-state index in [0.717, 1.165) is 47.1 Å². The number of carbonyl (C=O) groups excluding carboxylic acids is 8. The number of urea groups is 1. The van der Waals surface area contributed by atoms with E-state index in [1.54, 1.807) is 0 Å². The number of rotatable bonds is 28. The summed E-state index contributed by atoms with van der Waals surface area (Å²) in [6.07, 6.45) is 12.1. The van der Waals surface area contributed by atoms with Gasteiger partial charge in [0.1, 0.15) is 24.2 Å². The predicted octanol–water partition coefficient (Wildman–Crippen LogP) is 3.46. The summed E-state index contributed by atoms with van der Waals surface area (Å²) >= 11 is 1.83. The van der Waals surface area contributed by atoms with Crippen LogP contribution in [0.2, 0.25) is 0 Å². The van der Waals surface area contributed by atoms with E-state index in [-0.39, 0.29) is 85.2 Å². The lowest BCUT2D eigenvalue weighted by atomic mass is 9.79. The Bertz CT molecular complexity index is 2810. The third-order valence-electron chi connectivity index (χ3n) is 16.3. The highest BCUT2D eigenvalue weighted by Crippen LogP contribution is 2.41. The van der Waals surface area contributed by atoms with Crippen molar-refractivity contribution in [2.24, 2.45) is 17.6 Å². The van der Waals surface area contributed by atoms with Gasteiger partial charge in [-0.2, -0.15) is 11.8 Å². The lowest BCUT2D eigenvalue weighted by Gasteiger charge is -2.39. The van der Waals surface area contributed by atoms with Crippen LogP contribution in [0.15, 0.2) is 54.7 Å². The molecule has 3 aromatic rings. The maximum absolute atomic E-state index is 14.6. The van der Waals surface area contributed by atoms with Gasteiger partial charge in [-0.25, -0.2) is 4.79 Å². The van der Waals surface area contributed by atoms with E-state index >= 15 is 0 Å². The van der Waals surface area contributed by atoms with Gasteiger partial charge in [-0.15, -0.1) is 0 Å². The largest absolute Gasteiger partial charge is 0.368 e. The molecule has 2 aromatic carbocycles. The van der Waals surface area contributed by atoms with Crippen molar-refractivity contribution in [3.63, 3.8) is 0 Å². The second-order valence-corrected chi connectivity index (χ2v) is 23.6. The molecule has 1 aliphatic carbocycles. The van der Waals surface area contributed by atoms with Crippen LogP contribution in [0.25, 0.3) is 16.5 Å². The Labute approximate surface area is 470 Å². The zero-order valence-electron chi connectivity index (χ0n) is 46.0. The summed E-state index contributed by atoms with van der Waals surface area (Å²) < 4.78 is 0. The molecule has 22 nitrogen and oxygen atoms in total. The highest BCUT2D eigenvalue weighted by molar-refractivity contribution is 8.00. The van der Waals surface area contributed by atoms with Crippen molar-refractivity contribution < 1.29 is 43.3 Å². The monoisotopic (exact) mass is 1120 g/mol. The van der Waals surface area contributed by atoms with Gasteiger partial charge in [0, 0.05) is 91.7 Å². The Hall–Kier alpha value is -7.01. The van der Waals surface area contributed by atoms with Crippen LogP contribution in [-0.4, -0.2) is 154 Å². The fraction of sp³-hybridized carbons (Fsp3) is 0.579. The van der Waals surface area contributed by atoms with Crippen LogP contribution in [-0.2, 0) is 46.4 Å². The number of thioether (sulfide) groups is 1. The minimum Gasteiger partial charge on any atom is -0.368 e. The molecule has 5 aliphatic rings. The summed E-state index contributed by atoms with van der Waals surface area (Å²) in [6.45, 7) is 5.08. The molecular weight excluding hydrogens is 1040 g/mol. The number of unbranched alkanes of at least 4 members (excludes halogenated alkanes) is 4. The summed E-state index contributed by atoms with van der Waals surface area (Å²) in [5, 5.41) is 33.4. The smallest absolute Gasteiger partial charge is 0.315 e. The van der Waals surface area contributed by atoms with Gasteiger partial charge in [0.2, 0.25) is 41.4 Å². The van der Waals surface area contributed by atoms with E-state index in [1.807, 2.05) is 50.9 Å². The van der Waals surface area contributed by atoms with Gasteiger partial charge in [-0.1, -0.05) is 57.0 Å². The van der Waals surface area contributed by atoms with E-state index in [1.165, 1.54) is 34.7 Å². The number of fused-ring (bicyclic) bond motifs is 3. The maximum atomic E-state index is 14.6. The third kappa shape index (κ3) is 14.9. The number of amides is 9. The lowest BCUT2D eigenvalue weighted by Crippen LogP contribution is -2.59. The molecule has 5 heterocycles. The van der Waals surface area contributed by atoms with Crippen molar-refractivity contribution in [2.75, 3.05) is 39.0 Å². The van der Waals surface area contributed by atoms with Gasteiger partial charge in [-0.05, 0) is 106 Å². The molecule has 9 amide bonds. The van der Waals surface area contributed by atoms with Gasteiger partial charge in [-0.3, -0.25) is 48.6 Å². The summed E-state index contributed by atoms with van der Waals surface area (Å²) in [5.74, 6) is -2.70. The number of hydrogen-bond donors (Lipinski definition) is 9. The number of nitro benzene ring substituents is 1. The molecule has 3 fully saturated rings. The number of benzene rings is 2. The van der Waals surface area contributed by atoms with E-state index < -0.39 is 52.7 Å². The molecule has 1 aromatic heterocycles. The summed E-state index contributed by atoms with van der Waals surface area (Å²) in [6, 6.07) is 8.34. The summed E-state index contributed by atoms with van der Waals surface area (Å²) in [5.41, 5.74) is 10.4. The van der Waals surface area contributed by atoms with Crippen molar-refractivity contribution in [1.29, 1.82) is 0 Å². The van der Waals surface area contributed by atoms with Gasteiger partial charge in [0.25, 0.3) is 5.69 Å². The third-order valence-corrected chi connectivity index (χ3v) is 17.8. The number of aromatic nitrogens is 1. The zero-order chi connectivity index (χ0) is 57.0. The molecule has 0 unspecified atom stereocenters. The predicted molar refractivity (Wildman–Crippen MR) is 304 cm³/mol. The van der Waals surface area contributed by atoms with Crippen molar-refractivity contribution in [3.8, 4) is 0 Å². The second-order valence-electron chi connectivity index (χ2n) is 22.4. The number of H-pyrrole nitrogens is 1. The average molecular weight is 1120 g/mol. The molecule has 23 heteroatoms. The molecule has 9 atom stereocenters. The lowest BCUT2D eigenvalue weighted by molar-refractivity contribution is -0.384.